The maximum atomic E-state index is 12.3. The van der Waals surface area contributed by atoms with E-state index in [9.17, 15) is 4.79 Å². The SMILES string of the molecule is CC(C)C(NC(=O)CN1CCNCC1C#N)c1cccs1. The van der Waals surface area contributed by atoms with E-state index < -0.39 is 0 Å². The molecule has 1 fully saturated rings. The number of nitrogens with zero attached hydrogens (tertiary/aromatic N) is 2. The Hall–Kier alpha value is -1.42. The number of hydrogen-bond donors (Lipinski definition) is 2. The van der Waals surface area contributed by atoms with E-state index in [0.29, 0.717) is 12.5 Å². The first-order valence-corrected chi connectivity index (χ1v) is 8.17. The normalized spacial score (nSPS) is 21.0. The fourth-order valence-corrected chi connectivity index (χ4v) is 3.45. The monoisotopic (exact) mass is 306 g/mol. The molecule has 1 aliphatic rings. The Kier molecular flexibility index (Phi) is 5.74. The molecule has 5 nitrogen and oxygen atoms in total. The second-order valence-electron chi connectivity index (χ2n) is 5.62. The molecule has 0 bridgehead atoms. The fraction of sp³-hybridized carbons (Fsp3) is 0.600. The summed E-state index contributed by atoms with van der Waals surface area (Å²) in [4.78, 5) is 15.4. The zero-order valence-electron chi connectivity index (χ0n) is 12.5. The highest BCUT2D eigenvalue weighted by atomic mass is 32.1. The van der Waals surface area contributed by atoms with Crippen molar-refractivity contribution in [1.29, 1.82) is 5.26 Å². The van der Waals surface area contributed by atoms with Crippen molar-refractivity contribution in [3.63, 3.8) is 0 Å². The van der Waals surface area contributed by atoms with E-state index in [4.69, 9.17) is 5.26 Å². The molecule has 0 spiro atoms. The Morgan fingerprint density at radius 1 is 1.67 bits per heavy atom. The Bertz CT molecular complexity index is 494. The molecule has 2 unspecified atom stereocenters. The lowest BCUT2D eigenvalue weighted by Crippen LogP contribution is -2.53. The van der Waals surface area contributed by atoms with Crippen molar-refractivity contribution in [3.05, 3.63) is 22.4 Å². The molecule has 6 heteroatoms. The van der Waals surface area contributed by atoms with Crippen molar-refractivity contribution in [1.82, 2.24) is 15.5 Å². The number of hydrogen-bond acceptors (Lipinski definition) is 5. The summed E-state index contributed by atoms with van der Waals surface area (Å²) < 4.78 is 0. The van der Waals surface area contributed by atoms with Crippen LogP contribution >= 0.6 is 11.3 Å². The number of carbonyl (C=O) groups excluding carboxylic acids is 1. The van der Waals surface area contributed by atoms with Crippen LogP contribution in [0.2, 0.25) is 0 Å². The smallest absolute Gasteiger partial charge is 0.234 e. The van der Waals surface area contributed by atoms with Gasteiger partial charge in [-0.25, -0.2) is 0 Å². The minimum absolute atomic E-state index is 0.00995. The van der Waals surface area contributed by atoms with Crippen LogP contribution in [0.15, 0.2) is 17.5 Å². The third kappa shape index (κ3) is 4.27. The minimum atomic E-state index is -0.219. The first-order chi connectivity index (χ1) is 10.1. The molecule has 114 valence electrons. The van der Waals surface area contributed by atoms with E-state index in [1.165, 1.54) is 4.88 Å². The quantitative estimate of drug-likeness (QED) is 0.862. The molecule has 2 rings (SSSR count). The number of piperazine rings is 1. The van der Waals surface area contributed by atoms with Crippen LogP contribution in [0, 0.1) is 17.2 Å². The maximum Gasteiger partial charge on any atom is 0.234 e. The van der Waals surface area contributed by atoms with E-state index in [1.807, 2.05) is 16.3 Å². The van der Waals surface area contributed by atoms with Gasteiger partial charge in [0.25, 0.3) is 0 Å². The predicted molar refractivity (Wildman–Crippen MR) is 83.9 cm³/mol. The number of nitrogens with one attached hydrogen (secondary N) is 2. The molecule has 21 heavy (non-hydrogen) atoms. The summed E-state index contributed by atoms with van der Waals surface area (Å²) in [6.07, 6.45) is 0. The summed E-state index contributed by atoms with van der Waals surface area (Å²) in [6.45, 7) is 6.68. The van der Waals surface area contributed by atoms with Gasteiger partial charge < -0.3 is 10.6 Å². The third-order valence-electron chi connectivity index (χ3n) is 3.68. The highest BCUT2D eigenvalue weighted by Crippen LogP contribution is 2.25. The summed E-state index contributed by atoms with van der Waals surface area (Å²) in [7, 11) is 0. The third-order valence-corrected chi connectivity index (χ3v) is 4.64. The highest BCUT2D eigenvalue weighted by Gasteiger charge is 2.25. The predicted octanol–water partition coefficient (Wildman–Crippen LogP) is 1.36. The maximum absolute atomic E-state index is 12.3. The fourth-order valence-electron chi connectivity index (χ4n) is 2.50. The number of carbonyl (C=O) groups is 1. The average Bonchev–Trinajstić information content (AvgIpc) is 2.99. The van der Waals surface area contributed by atoms with Crippen molar-refractivity contribution < 1.29 is 4.79 Å². The van der Waals surface area contributed by atoms with Gasteiger partial charge in [0.05, 0.1) is 18.7 Å². The number of nitriles is 1. The zero-order valence-corrected chi connectivity index (χ0v) is 13.3. The lowest BCUT2D eigenvalue weighted by atomic mass is 10.0. The largest absolute Gasteiger partial charge is 0.347 e. The van der Waals surface area contributed by atoms with Crippen LogP contribution in [0.3, 0.4) is 0 Å². The molecule has 1 saturated heterocycles. The lowest BCUT2D eigenvalue weighted by Gasteiger charge is -2.32. The van der Waals surface area contributed by atoms with Gasteiger partial charge in [-0.3, -0.25) is 9.69 Å². The molecule has 0 saturated carbocycles. The lowest BCUT2D eigenvalue weighted by molar-refractivity contribution is -0.123. The number of thiophene rings is 1. The van der Waals surface area contributed by atoms with Gasteiger partial charge >= 0.3 is 0 Å². The van der Waals surface area contributed by atoms with Gasteiger partial charge in [0, 0.05) is 24.5 Å². The van der Waals surface area contributed by atoms with Crippen LogP contribution < -0.4 is 10.6 Å². The van der Waals surface area contributed by atoms with Crippen LogP contribution in [0.4, 0.5) is 0 Å². The van der Waals surface area contributed by atoms with Crippen molar-refractivity contribution in [2.75, 3.05) is 26.2 Å². The topological polar surface area (TPSA) is 68.2 Å². The van der Waals surface area contributed by atoms with Gasteiger partial charge in [0.1, 0.15) is 6.04 Å². The summed E-state index contributed by atoms with van der Waals surface area (Å²) in [5, 5.41) is 17.4. The second kappa shape index (κ2) is 7.55. The molecule has 1 aromatic rings. The van der Waals surface area contributed by atoms with Crippen molar-refractivity contribution in [3.8, 4) is 6.07 Å². The first-order valence-electron chi connectivity index (χ1n) is 7.29. The zero-order chi connectivity index (χ0) is 15.2. The standard InChI is InChI=1S/C15H22N4OS/c1-11(2)15(13-4-3-7-21-13)18-14(20)10-19-6-5-17-9-12(19)8-16/h3-4,7,11-12,15,17H,5-6,9-10H2,1-2H3,(H,18,20). The van der Waals surface area contributed by atoms with E-state index in [0.717, 1.165) is 13.1 Å². The number of amides is 1. The molecule has 2 atom stereocenters. The Labute approximate surface area is 129 Å². The van der Waals surface area contributed by atoms with E-state index in [2.05, 4.69) is 36.6 Å². The molecule has 0 radical (unpaired) electrons. The van der Waals surface area contributed by atoms with Crippen LogP contribution in [0.25, 0.3) is 0 Å². The summed E-state index contributed by atoms with van der Waals surface area (Å²) >= 11 is 1.66. The molecule has 2 N–H and O–H groups in total. The summed E-state index contributed by atoms with van der Waals surface area (Å²) in [5.74, 6) is 0.326. The van der Waals surface area contributed by atoms with Crippen LogP contribution in [0.1, 0.15) is 24.8 Å². The van der Waals surface area contributed by atoms with Crippen molar-refractivity contribution >= 4 is 17.2 Å². The van der Waals surface area contributed by atoms with Crippen LogP contribution in [-0.4, -0.2) is 43.0 Å². The highest BCUT2D eigenvalue weighted by molar-refractivity contribution is 7.10. The van der Waals surface area contributed by atoms with Crippen LogP contribution in [-0.2, 0) is 4.79 Å². The van der Waals surface area contributed by atoms with E-state index in [1.54, 1.807) is 11.3 Å². The first kappa shape index (κ1) is 16.0. The average molecular weight is 306 g/mol. The summed E-state index contributed by atoms with van der Waals surface area (Å²) in [5.41, 5.74) is 0. The molecule has 1 amide bonds. The van der Waals surface area contributed by atoms with Gasteiger partial charge in [0.15, 0.2) is 0 Å². The second-order valence-corrected chi connectivity index (χ2v) is 6.60. The Balaban J connectivity index is 1.95. The molecule has 0 aliphatic carbocycles. The van der Waals surface area contributed by atoms with Crippen molar-refractivity contribution in [2.24, 2.45) is 5.92 Å². The molecular weight excluding hydrogens is 284 g/mol. The molecule has 1 aliphatic heterocycles. The molecule has 1 aromatic heterocycles. The Morgan fingerprint density at radius 2 is 2.48 bits per heavy atom. The summed E-state index contributed by atoms with van der Waals surface area (Å²) in [6, 6.07) is 6.13. The van der Waals surface area contributed by atoms with Gasteiger partial charge in [-0.05, 0) is 17.4 Å². The van der Waals surface area contributed by atoms with Gasteiger partial charge in [-0.15, -0.1) is 11.3 Å². The van der Waals surface area contributed by atoms with Gasteiger partial charge in [0.2, 0.25) is 5.91 Å². The van der Waals surface area contributed by atoms with Crippen LogP contribution in [0.5, 0.6) is 0 Å². The Morgan fingerprint density at radius 3 is 3.10 bits per heavy atom. The van der Waals surface area contributed by atoms with Gasteiger partial charge in [-0.2, -0.15) is 5.26 Å². The molecule has 0 aromatic carbocycles. The minimum Gasteiger partial charge on any atom is -0.347 e. The molecule has 2 heterocycles. The number of rotatable bonds is 5. The van der Waals surface area contributed by atoms with Crippen molar-refractivity contribution in [2.45, 2.75) is 25.9 Å². The molecular formula is C15H22N4OS. The van der Waals surface area contributed by atoms with Gasteiger partial charge in [-0.1, -0.05) is 19.9 Å². The van der Waals surface area contributed by atoms with E-state index in [-0.39, 0.29) is 24.5 Å². The van der Waals surface area contributed by atoms with E-state index >= 15 is 0 Å².